The standard InChI is InChI=1S/C11H13F2NO4/c1-4-18-11(15)7-9(17-3)8(16-2)6(5-14-7)10(12)13/h5,10H,4H2,1-3H3. The zero-order chi connectivity index (χ0) is 13.7. The summed E-state index contributed by atoms with van der Waals surface area (Å²) in [6.45, 7) is 1.76. The Morgan fingerprint density at radius 1 is 1.33 bits per heavy atom. The van der Waals surface area contributed by atoms with Gasteiger partial charge in [0, 0.05) is 6.20 Å². The summed E-state index contributed by atoms with van der Waals surface area (Å²) in [6.07, 6.45) is -1.91. The number of carbonyl (C=O) groups excluding carboxylic acids is 1. The van der Waals surface area contributed by atoms with Crippen molar-refractivity contribution in [2.24, 2.45) is 0 Å². The topological polar surface area (TPSA) is 57.7 Å². The van der Waals surface area contributed by atoms with Gasteiger partial charge in [-0.2, -0.15) is 0 Å². The summed E-state index contributed by atoms with van der Waals surface area (Å²) in [7, 11) is 2.44. The minimum absolute atomic E-state index is 0.141. The molecule has 0 aliphatic heterocycles. The number of pyridine rings is 1. The smallest absolute Gasteiger partial charge is 0.360 e. The molecule has 0 radical (unpaired) electrons. The number of alkyl halides is 2. The summed E-state index contributed by atoms with van der Waals surface area (Å²) in [5.41, 5.74) is -0.636. The van der Waals surface area contributed by atoms with Gasteiger partial charge in [0.05, 0.1) is 26.4 Å². The molecule has 0 spiro atoms. The fraction of sp³-hybridized carbons (Fsp3) is 0.455. The van der Waals surface area contributed by atoms with Gasteiger partial charge in [0.1, 0.15) is 0 Å². The minimum atomic E-state index is -2.78. The van der Waals surface area contributed by atoms with Crippen LogP contribution in [0.1, 0.15) is 29.4 Å². The summed E-state index contributed by atoms with van der Waals surface area (Å²) in [6, 6.07) is 0. The molecule has 1 rings (SSSR count). The lowest BCUT2D eigenvalue weighted by Gasteiger charge is -2.14. The van der Waals surface area contributed by atoms with Gasteiger partial charge in [-0.15, -0.1) is 0 Å². The third-order valence-electron chi connectivity index (χ3n) is 2.13. The van der Waals surface area contributed by atoms with Crippen LogP contribution in [-0.4, -0.2) is 31.8 Å². The number of carbonyl (C=O) groups is 1. The van der Waals surface area contributed by atoms with Crippen LogP contribution in [0.15, 0.2) is 6.20 Å². The maximum atomic E-state index is 12.7. The molecule has 0 unspecified atom stereocenters. The molecule has 1 heterocycles. The fourth-order valence-electron chi connectivity index (χ4n) is 1.39. The number of hydrogen-bond acceptors (Lipinski definition) is 5. The molecule has 0 aromatic carbocycles. The second-order valence-corrected chi connectivity index (χ2v) is 3.15. The zero-order valence-electron chi connectivity index (χ0n) is 10.2. The summed E-state index contributed by atoms with van der Waals surface area (Å²) in [5, 5.41) is 0. The maximum Gasteiger partial charge on any atom is 0.360 e. The third kappa shape index (κ3) is 2.66. The molecule has 100 valence electrons. The SMILES string of the molecule is CCOC(=O)c1ncc(C(F)F)c(OC)c1OC. The third-order valence-corrected chi connectivity index (χ3v) is 2.13. The van der Waals surface area contributed by atoms with Crippen LogP contribution in [0, 0.1) is 0 Å². The van der Waals surface area contributed by atoms with E-state index < -0.39 is 18.0 Å². The second kappa shape index (κ2) is 6.13. The first kappa shape index (κ1) is 14.1. The van der Waals surface area contributed by atoms with Crippen molar-refractivity contribution in [2.45, 2.75) is 13.3 Å². The molecule has 0 saturated heterocycles. The van der Waals surface area contributed by atoms with E-state index in [-0.39, 0.29) is 23.8 Å². The molecule has 0 N–H and O–H groups in total. The van der Waals surface area contributed by atoms with Crippen LogP contribution in [0.25, 0.3) is 0 Å². The van der Waals surface area contributed by atoms with E-state index in [0.717, 1.165) is 6.20 Å². The highest BCUT2D eigenvalue weighted by Gasteiger charge is 2.26. The lowest BCUT2D eigenvalue weighted by atomic mass is 10.2. The molecule has 0 aliphatic rings. The second-order valence-electron chi connectivity index (χ2n) is 3.15. The Morgan fingerprint density at radius 3 is 2.39 bits per heavy atom. The highest BCUT2D eigenvalue weighted by molar-refractivity contribution is 5.91. The highest BCUT2D eigenvalue weighted by Crippen LogP contribution is 2.38. The largest absolute Gasteiger partial charge is 0.492 e. The van der Waals surface area contributed by atoms with E-state index in [0.29, 0.717) is 0 Å². The number of ether oxygens (including phenoxy) is 3. The highest BCUT2D eigenvalue weighted by atomic mass is 19.3. The van der Waals surface area contributed by atoms with Gasteiger partial charge in [-0.25, -0.2) is 18.6 Å². The Balaban J connectivity index is 3.34. The Morgan fingerprint density at radius 2 is 1.94 bits per heavy atom. The van der Waals surface area contributed by atoms with E-state index in [1.807, 2.05) is 0 Å². The lowest BCUT2D eigenvalue weighted by molar-refractivity contribution is 0.0513. The number of nitrogens with zero attached hydrogens (tertiary/aromatic N) is 1. The molecule has 0 fully saturated rings. The van der Waals surface area contributed by atoms with Crippen LogP contribution < -0.4 is 9.47 Å². The first-order chi connectivity index (χ1) is 8.56. The van der Waals surface area contributed by atoms with Crippen LogP contribution in [0.2, 0.25) is 0 Å². The molecule has 5 nitrogen and oxygen atoms in total. The molecule has 0 amide bonds. The molecular weight excluding hydrogens is 248 g/mol. The molecule has 18 heavy (non-hydrogen) atoms. The monoisotopic (exact) mass is 261 g/mol. The molecule has 0 atom stereocenters. The van der Waals surface area contributed by atoms with Gasteiger partial charge in [0.2, 0.25) is 0 Å². The Bertz CT molecular complexity index is 437. The Kier molecular flexibility index (Phi) is 4.82. The Hall–Kier alpha value is -1.92. The van der Waals surface area contributed by atoms with Crippen molar-refractivity contribution in [2.75, 3.05) is 20.8 Å². The summed E-state index contributed by atoms with van der Waals surface area (Å²) in [5.74, 6) is -1.13. The summed E-state index contributed by atoms with van der Waals surface area (Å²) >= 11 is 0. The molecule has 7 heteroatoms. The van der Waals surface area contributed by atoms with Crippen molar-refractivity contribution in [1.82, 2.24) is 4.98 Å². The van der Waals surface area contributed by atoms with E-state index in [1.54, 1.807) is 6.92 Å². The van der Waals surface area contributed by atoms with Gasteiger partial charge in [-0.3, -0.25) is 0 Å². The summed E-state index contributed by atoms with van der Waals surface area (Å²) in [4.78, 5) is 15.2. The molecular formula is C11H13F2NO4. The number of hydrogen-bond donors (Lipinski definition) is 0. The van der Waals surface area contributed by atoms with Gasteiger partial charge >= 0.3 is 5.97 Å². The first-order valence-electron chi connectivity index (χ1n) is 5.12. The van der Waals surface area contributed by atoms with Gasteiger partial charge in [0.25, 0.3) is 6.43 Å². The number of halogens is 2. The first-order valence-corrected chi connectivity index (χ1v) is 5.12. The maximum absolute atomic E-state index is 12.7. The van der Waals surface area contributed by atoms with Crippen LogP contribution in [0.5, 0.6) is 11.5 Å². The zero-order valence-corrected chi connectivity index (χ0v) is 10.2. The van der Waals surface area contributed by atoms with Crippen molar-refractivity contribution in [3.05, 3.63) is 17.5 Å². The molecule has 1 aromatic heterocycles. The van der Waals surface area contributed by atoms with Gasteiger partial charge in [-0.1, -0.05) is 0 Å². The van der Waals surface area contributed by atoms with Gasteiger partial charge < -0.3 is 14.2 Å². The number of rotatable bonds is 5. The average molecular weight is 261 g/mol. The van der Waals surface area contributed by atoms with Crippen LogP contribution in [0.4, 0.5) is 8.78 Å². The van der Waals surface area contributed by atoms with Crippen LogP contribution in [0.3, 0.4) is 0 Å². The van der Waals surface area contributed by atoms with E-state index in [9.17, 15) is 13.6 Å². The van der Waals surface area contributed by atoms with Crippen molar-refractivity contribution < 1.29 is 27.8 Å². The quantitative estimate of drug-likeness (QED) is 0.760. The molecule has 1 aromatic rings. The van der Waals surface area contributed by atoms with Crippen molar-refractivity contribution in [3.8, 4) is 11.5 Å². The number of methoxy groups -OCH3 is 2. The van der Waals surface area contributed by atoms with E-state index in [2.05, 4.69) is 4.98 Å². The van der Waals surface area contributed by atoms with Crippen LogP contribution >= 0.6 is 0 Å². The van der Waals surface area contributed by atoms with E-state index >= 15 is 0 Å². The predicted molar refractivity (Wildman–Crippen MR) is 58.3 cm³/mol. The molecule has 0 saturated carbocycles. The Labute approximate surface area is 103 Å². The minimum Gasteiger partial charge on any atom is -0.492 e. The molecule has 0 aliphatic carbocycles. The normalized spacial score (nSPS) is 10.3. The van der Waals surface area contributed by atoms with E-state index in [1.165, 1.54) is 14.2 Å². The van der Waals surface area contributed by atoms with Crippen molar-refractivity contribution in [3.63, 3.8) is 0 Å². The number of esters is 1. The van der Waals surface area contributed by atoms with E-state index in [4.69, 9.17) is 14.2 Å². The van der Waals surface area contributed by atoms with Crippen molar-refractivity contribution in [1.29, 1.82) is 0 Å². The summed E-state index contributed by atoms with van der Waals surface area (Å²) < 4.78 is 39.9. The average Bonchev–Trinajstić information content (AvgIpc) is 2.36. The molecule has 0 bridgehead atoms. The van der Waals surface area contributed by atoms with Crippen molar-refractivity contribution >= 4 is 5.97 Å². The lowest BCUT2D eigenvalue weighted by Crippen LogP contribution is -2.11. The fourth-order valence-corrected chi connectivity index (χ4v) is 1.39. The van der Waals surface area contributed by atoms with Crippen LogP contribution in [-0.2, 0) is 4.74 Å². The van der Waals surface area contributed by atoms with Gasteiger partial charge in [-0.05, 0) is 6.92 Å². The number of aromatic nitrogens is 1. The van der Waals surface area contributed by atoms with Gasteiger partial charge in [0.15, 0.2) is 17.2 Å². The predicted octanol–water partition coefficient (Wildman–Crippen LogP) is 2.21.